The molecule has 1 N–H and O–H groups in total. The predicted octanol–water partition coefficient (Wildman–Crippen LogP) is 2.23. The first-order chi connectivity index (χ1) is 11.1. The molecule has 2 aliphatic heterocycles. The lowest BCUT2D eigenvalue weighted by atomic mass is 9.92. The van der Waals surface area contributed by atoms with Gasteiger partial charge in [0.25, 0.3) is 0 Å². The van der Waals surface area contributed by atoms with Gasteiger partial charge in [-0.3, -0.25) is 0 Å². The number of nitrogens with one attached hydrogen (secondary N) is 1. The van der Waals surface area contributed by atoms with Crippen molar-refractivity contribution in [2.24, 2.45) is 5.92 Å². The summed E-state index contributed by atoms with van der Waals surface area (Å²) in [6.45, 7) is 15.6. The van der Waals surface area contributed by atoms with Crippen molar-refractivity contribution in [3.05, 3.63) is 0 Å². The maximum atomic E-state index is 12.3. The van der Waals surface area contributed by atoms with Gasteiger partial charge in [0, 0.05) is 45.3 Å². The molecule has 0 aromatic rings. The van der Waals surface area contributed by atoms with Gasteiger partial charge in [0.15, 0.2) is 0 Å². The van der Waals surface area contributed by atoms with E-state index < -0.39 is 0 Å². The van der Waals surface area contributed by atoms with Crippen LogP contribution in [-0.4, -0.2) is 79.1 Å². The topological polar surface area (TPSA) is 38.8 Å². The Balaban J connectivity index is 1.54. The minimum Gasteiger partial charge on any atom is -0.338 e. The third-order valence-electron chi connectivity index (χ3n) is 5.72. The van der Waals surface area contributed by atoms with Crippen LogP contribution in [0.2, 0.25) is 0 Å². The van der Waals surface area contributed by atoms with Gasteiger partial charge in [0.2, 0.25) is 0 Å². The van der Waals surface area contributed by atoms with Crippen LogP contribution in [0.3, 0.4) is 0 Å². The van der Waals surface area contributed by atoms with Crippen LogP contribution >= 0.6 is 0 Å². The van der Waals surface area contributed by atoms with Crippen molar-refractivity contribution >= 4 is 6.03 Å². The number of piperazine rings is 1. The zero-order chi connectivity index (χ0) is 16.7. The highest BCUT2D eigenvalue weighted by molar-refractivity contribution is 5.74. The number of likely N-dealkylation sites (tertiary alicyclic amines) is 1. The fourth-order valence-electron chi connectivity index (χ4n) is 3.71. The molecular formula is C18H36N4O. The Morgan fingerprint density at radius 1 is 1.04 bits per heavy atom. The Bertz CT molecular complexity index is 355. The van der Waals surface area contributed by atoms with Crippen molar-refractivity contribution < 1.29 is 4.79 Å². The van der Waals surface area contributed by atoms with E-state index in [1.807, 2.05) is 4.90 Å². The van der Waals surface area contributed by atoms with Gasteiger partial charge in [-0.1, -0.05) is 13.8 Å². The van der Waals surface area contributed by atoms with E-state index in [-0.39, 0.29) is 6.03 Å². The van der Waals surface area contributed by atoms with E-state index in [2.05, 4.69) is 35.9 Å². The van der Waals surface area contributed by atoms with Crippen molar-refractivity contribution in [1.82, 2.24) is 20.0 Å². The van der Waals surface area contributed by atoms with Crippen LogP contribution < -0.4 is 5.32 Å². The molecule has 134 valence electrons. The molecule has 0 bridgehead atoms. The molecule has 0 aromatic carbocycles. The molecular weight excluding hydrogens is 288 g/mol. The molecule has 2 heterocycles. The third kappa shape index (κ3) is 5.64. The van der Waals surface area contributed by atoms with Crippen LogP contribution in [0.15, 0.2) is 0 Å². The summed E-state index contributed by atoms with van der Waals surface area (Å²) in [5.74, 6) is 0.622. The van der Waals surface area contributed by atoms with E-state index in [0.29, 0.717) is 12.0 Å². The zero-order valence-electron chi connectivity index (χ0n) is 15.4. The number of carbonyl (C=O) groups excluding carboxylic acids is 1. The van der Waals surface area contributed by atoms with E-state index in [1.165, 1.54) is 52.1 Å². The standard InChI is InChI=1S/C18H36N4O/c1-4-20-12-14-21(15-13-20)10-6-5-9-19-18(23)22-11-7-8-16(2)17(22)3/h16-17H,4-15H2,1-3H3,(H,19,23)/t16-,17-/m1/s1. The Kier molecular flexibility index (Phi) is 7.63. The molecule has 2 amide bonds. The predicted molar refractivity (Wildman–Crippen MR) is 95.8 cm³/mol. The number of piperidine rings is 1. The summed E-state index contributed by atoms with van der Waals surface area (Å²) in [4.78, 5) is 19.4. The third-order valence-corrected chi connectivity index (χ3v) is 5.72. The molecule has 23 heavy (non-hydrogen) atoms. The number of unbranched alkanes of at least 4 members (excludes halogenated alkanes) is 1. The Hall–Kier alpha value is -0.810. The van der Waals surface area contributed by atoms with Crippen molar-refractivity contribution in [1.29, 1.82) is 0 Å². The fraction of sp³-hybridized carbons (Fsp3) is 0.944. The highest BCUT2D eigenvalue weighted by Crippen LogP contribution is 2.22. The maximum Gasteiger partial charge on any atom is 0.317 e. The van der Waals surface area contributed by atoms with Crippen LogP contribution in [0.1, 0.15) is 46.5 Å². The molecule has 5 heteroatoms. The number of likely N-dealkylation sites (N-methyl/N-ethyl adjacent to an activating group) is 1. The molecule has 2 saturated heterocycles. The Labute approximate surface area is 142 Å². The molecule has 2 rings (SSSR count). The number of nitrogens with zero attached hydrogens (tertiary/aromatic N) is 3. The lowest BCUT2D eigenvalue weighted by Crippen LogP contribution is -2.50. The summed E-state index contributed by atoms with van der Waals surface area (Å²) in [5, 5.41) is 3.12. The van der Waals surface area contributed by atoms with Gasteiger partial charge in [-0.25, -0.2) is 4.79 Å². The van der Waals surface area contributed by atoms with Crippen LogP contribution in [0.25, 0.3) is 0 Å². The van der Waals surface area contributed by atoms with Crippen molar-refractivity contribution in [2.75, 3.05) is 52.4 Å². The van der Waals surface area contributed by atoms with Crippen LogP contribution in [0.4, 0.5) is 4.79 Å². The second-order valence-corrected chi connectivity index (χ2v) is 7.27. The summed E-state index contributed by atoms with van der Waals surface area (Å²) < 4.78 is 0. The molecule has 2 atom stereocenters. The molecule has 2 fully saturated rings. The van der Waals surface area contributed by atoms with Gasteiger partial charge in [0.1, 0.15) is 0 Å². The molecule has 0 saturated carbocycles. The molecule has 0 radical (unpaired) electrons. The largest absolute Gasteiger partial charge is 0.338 e. The average Bonchev–Trinajstić information content (AvgIpc) is 2.57. The number of hydrogen-bond donors (Lipinski definition) is 1. The van der Waals surface area contributed by atoms with Crippen molar-refractivity contribution in [3.8, 4) is 0 Å². The lowest BCUT2D eigenvalue weighted by Gasteiger charge is -2.37. The number of carbonyl (C=O) groups is 1. The number of urea groups is 1. The number of amides is 2. The van der Waals surface area contributed by atoms with E-state index in [1.54, 1.807) is 0 Å². The summed E-state index contributed by atoms with van der Waals surface area (Å²) in [6, 6.07) is 0.513. The van der Waals surface area contributed by atoms with E-state index in [4.69, 9.17) is 0 Å². The van der Waals surface area contributed by atoms with Crippen LogP contribution in [0.5, 0.6) is 0 Å². The summed E-state index contributed by atoms with van der Waals surface area (Å²) in [6.07, 6.45) is 4.65. The van der Waals surface area contributed by atoms with Crippen molar-refractivity contribution in [3.63, 3.8) is 0 Å². The van der Waals surface area contributed by atoms with E-state index >= 15 is 0 Å². The van der Waals surface area contributed by atoms with E-state index in [0.717, 1.165) is 25.9 Å². The van der Waals surface area contributed by atoms with Crippen LogP contribution in [-0.2, 0) is 0 Å². The van der Waals surface area contributed by atoms with Crippen molar-refractivity contribution in [2.45, 2.75) is 52.5 Å². The first-order valence-corrected chi connectivity index (χ1v) is 9.61. The minimum absolute atomic E-state index is 0.139. The average molecular weight is 325 g/mol. The quantitative estimate of drug-likeness (QED) is 0.762. The Morgan fingerprint density at radius 2 is 1.74 bits per heavy atom. The molecule has 0 aromatic heterocycles. The van der Waals surface area contributed by atoms with Gasteiger partial charge in [0.05, 0.1) is 0 Å². The molecule has 0 aliphatic carbocycles. The summed E-state index contributed by atoms with van der Waals surface area (Å²) in [7, 11) is 0. The van der Waals surface area contributed by atoms with Gasteiger partial charge in [-0.2, -0.15) is 0 Å². The second kappa shape index (κ2) is 9.48. The molecule has 2 aliphatic rings. The fourth-order valence-corrected chi connectivity index (χ4v) is 3.71. The molecule has 0 spiro atoms. The monoisotopic (exact) mass is 324 g/mol. The Morgan fingerprint density at radius 3 is 2.43 bits per heavy atom. The highest BCUT2D eigenvalue weighted by Gasteiger charge is 2.27. The van der Waals surface area contributed by atoms with Gasteiger partial charge < -0.3 is 20.0 Å². The number of hydrogen-bond acceptors (Lipinski definition) is 3. The first kappa shape index (κ1) is 18.5. The SMILES string of the molecule is CCN1CCN(CCCCNC(=O)N2CCC[C@@H](C)[C@H]2C)CC1. The summed E-state index contributed by atoms with van der Waals surface area (Å²) >= 11 is 0. The maximum absolute atomic E-state index is 12.3. The number of rotatable bonds is 6. The van der Waals surface area contributed by atoms with Gasteiger partial charge >= 0.3 is 6.03 Å². The second-order valence-electron chi connectivity index (χ2n) is 7.27. The smallest absolute Gasteiger partial charge is 0.317 e. The normalized spacial score (nSPS) is 27.2. The van der Waals surface area contributed by atoms with E-state index in [9.17, 15) is 4.79 Å². The lowest BCUT2D eigenvalue weighted by molar-refractivity contribution is 0.127. The van der Waals surface area contributed by atoms with Gasteiger partial charge in [-0.05, 0) is 51.6 Å². The minimum atomic E-state index is 0.139. The zero-order valence-corrected chi connectivity index (χ0v) is 15.4. The summed E-state index contributed by atoms with van der Waals surface area (Å²) in [5.41, 5.74) is 0. The first-order valence-electron chi connectivity index (χ1n) is 9.61. The molecule has 5 nitrogen and oxygen atoms in total. The van der Waals surface area contributed by atoms with Gasteiger partial charge in [-0.15, -0.1) is 0 Å². The molecule has 0 unspecified atom stereocenters. The van der Waals surface area contributed by atoms with Crippen LogP contribution in [0, 0.1) is 5.92 Å². The highest BCUT2D eigenvalue weighted by atomic mass is 16.2.